The van der Waals surface area contributed by atoms with E-state index in [-0.39, 0.29) is 8.80 Å². The molecule has 1 rings (SSSR count). The summed E-state index contributed by atoms with van der Waals surface area (Å²) in [6, 6.07) is 1.50. The van der Waals surface area contributed by atoms with Gasteiger partial charge in [0, 0.05) is 0 Å². The third-order valence-corrected chi connectivity index (χ3v) is 4.10. The highest BCUT2D eigenvalue weighted by molar-refractivity contribution is 6.79. The van der Waals surface area contributed by atoms with Crippen LogP contribution in [0.4, 0.5) is 0 Å². The third kappa shape index (κ3) is 0.941. The minimum atomic E-state index is -0.182. The molecule has 7 heavy (non-hydrogen) atoms. The van der Waals surface area contributed by atoms with Gasteiger partial charge in [0.1, 0.15) is 0 Å². The first kappa shape index (κ1) is 5.10. The average Bonchev–Trinajstić information content (AvgIpc) is 2.17. The summed E-state index contributed by atoms with van der Waals surface area (Å²) in [7, 11) is -0.182. The molecular weight excluding hydrogens is 100 g/mol. The number of hydrogen-bond acceptors (Lipinski definition) is 0. The van der Waals surface area contributed by atoms with E-state index >= 15 is 0 Å². The minimum absolute atomic E-state index is 0.182. The van der Waals surface area contributed by atoms with E-state index in [4.69, 9.17) is 0 Å². The van der Waals surface area contributed by atoms with Crippen LogP contribution in [0.2, 0.25) is 12.6 Å². The van der Waals surface area contributed by atoms with Crippen LogP contribution >= 0.6 is 0 Å². The zero-order valence-electron chi connectivity index (χ0n) is 5.28. The molecule has 1 fully saturated rings. The highest BCUT2D eigenvalue weighted by Gasteiger charge is 2.25. The Balaban J connectivity index is 2.60. The van der Waals surface area contributed by atoms with E-state index in [1.54, 1.807) is 5.57 Å². The lowest BCUT2D eigenvalue weighted by Crippen LogP contribution is -1.72. The molecule has 1 heteroatoms. The van der Waals surface area contributed by atoms with Gasteiger partial charge in [-0.1, -0.05) is 17.3 Å². The normalized spacial score (nSPS) is 27.9. The Hall–Kier alpha value is -0.0431. The Bertz CT molecular complexity index is 109. The molecule has 0 aromatic carbocycles. The molecule has 1 unspecified atom stereocenters. The van der Waals surface area contributed by atoms with Gasteiger partial charge in [-0.3, -0.25) is 0 Å². The highest BCUT2D eigenvalue weighted by Crippen LogP contribution is 2.31. The molecule has 0 nitrogen and oxygen atoms in total. The van der Waals surface area contributed by atoms with Crippen molar-refractivity contribution < 1.29 is 0 Å². The van der Waals surface area contributed by atoms with Crippen LogP contribution in [0.3, 0.4) is 0 Å². The largest absolute Gasteiger partial charge is 0.0879 e. The average molecular weight is 112 g/mol. The molecule has 0 saturated carbocycles. The van der Waals surface area contributed by atoms with Crippen LogP contribution < -0.4 is 0 Å². The van der Waals surface area contributed by atoms with Gasteiger partial charge in [0.2, 0.25) is 0 Å². The Morgan fingerprint density at radius 1 is 1.57 bits per heavy atom. The number of hydrogen-bond donors (Lipinski definition) is 0. The molecule has 1 saturated heterocycles. The summed E-state index contributed by atoms with van der Waals surface area (Å²) in [5.41, 5.74) is 1.60. The molecule has 0 aliphatic carbocycles. The predicted octanol–water partition coefficient (Wildman–Crippen LogP) is 1.73. The van der Waals surface area contributed by atoms with Crippen molar-refractivity contribution in [3.63, 3.8) is 0 Å². The van der Waals surface area contributed by atoms with Gasteiger partial charge in [-0.2, -0.15) is 0 Å². The van der Waals surface area contributed by atoms with Crippen molar-refractivity contribution in [3.05, 3.63) is 10.8 Å². The summed E-state index contributed by atoms with van der Waals surface area (Å²) in [6.07, 6.45) is 0. The van der Waals surface area contributed by atoms with Crippen LogP contribution in [0.15, 0.2) is 10.8 Å². The zero-order valence-corrected chi connectivity index (χ0v) is 6.44. The Kier molecular flexibility index (Phi) is 1.08. The van der Waals surface area contributed by atoms with E-state index in [1.807, 2.05) is 5.20 Å². The fourth-order valence-corrected chi connectivity index (χ4v) is 3.61. The van der Waals surface area contributed by atoms with Gasteiger partial charge in [0.15, 0.2) is 0 Å². The first-order valence-electron chi connectivity index (χ1n) is 2.88. The zero-order chi connectivity index (χ0) is 5.44. The van der Waals surface area contributed by atoms with Gasteiger partial charge in [-0.25, -0.2) is 0 Å². The van der Waals surface area contributed by atoms with Crippen molar-refractivity contribution >= 4 is 8.80 Å². The molecule has 0 amide bonds. The first-order chi connectivity index (χ1) is 3.22. The maximum atomic E-state index is 2.42. The van der Waals surface area contributed by atoms with Crippen molar-refractivity contribution in [1.82, 2.24) is 0 Å². The summed E-state index contributed by atoms with van der Waals surface area (Å²) in [6.45, 7) is 6.88. The van der Waals surface area contributed by atoms with E-state index in [0.29, 0.717) is 0 Å². The van der Waals surface area contributed by atoms with E-state index < -0.39 is 0 Å². The maximum absolute atomic E-state index is 2.42. The Morgan fingerprint density at radius 2 is 2.00 bits per heavy atom. The lowest BCUT2D eigenvalue weighted by Gasteiger charge is -1.79. The molecule has 0 radical (unpaired) electrons. The van der Waals surface area contributed by atoms with E-state index in [2.05, 4.69) is 20.4 Å². The van der Waals surface area contributed by atoms with Crippen molar-refractivity contribution in [2.24, 2.45) is 0 Å². The van der Waals surface area contributed by atoms with Crippen molar-refractivity contribution in [1.29, 1.82) is 0 Å². The van der Waals surface area contributed by atoms with Gasteiger partial charge < -0.3 is 0 Å². The van der Waals surface area contributed by atoms with Crippen molar-refractivity contribution in [3.8, 4) is 0 Å². The van der Waals surface area contributed by atoms with Crippen LogP contribution in [0, 0.1) is 0 Å². The van der Waals surface area contributed by atoms with Crippen LogP contribution in [-0.4, -0.2) is 8.80 Å². The standard InChI is InChI=1S/C6H12Si/c1-5(2)6-4-7(6)3/h7H,4H2,1-3H3. The molecule has 0 spiro atoms. The second-order valence-electron chi connectivity index (χ2n) is 2.63. The summed E-state index contributed by atoms with van der Waals surface area (Å²) >= 11 is 0. The fourth-order valence-electron chi connectivity index (χ4n) is 0.968. The fraction of sp³-hybridized carbons (Fsp3) is 0.667. The highest BCUT2D eigenvalue weighted by atomic mass is 28.3. The molecule has 0 N–H and O–H groups in total. The van der Waals surface area contributed by atoms with Crippen LogP contribution in [0.25, 0.3) is 0 Å². The lowest BCUT2D eigenvalue weighted by molar-refractivity contribution is 1.37. The maximum Gasteiger partial charge on any atom is 0.0657 e. The van der Waals surface area contributed by atoms with E-state index in [0.717, 1.165) is 0 Å². The number of rotatable bonds is 0. The second kappa shape index (κ2) is 1.48. The second-order valence-corrected chi connectivity index (χ2v) is 5.54. The SMILES string of the molecule is CC(C)=C1C[SiH]1C. The van der Waals surface area contributed by atoms with Gasteiger partial charge in [0.25, 0.3) is 0 Å². The molecular formula is C6H12Si. The predicted molar refractivity (Wildman–Crippen MR) is 36.2 cm³/mol. The smallest absolute Gasteiger partial charge is 0.0657 e. The summed E-state index contributed by atoms with van der Waals surface area (Å²) in [4.78, 5) is 0. The topological polar surface area (TPSA) is 0 Å². The van der Waals surface area contributed by atoms with Crippen molar-refractivity contribution in [2.75, 3.05) is 0 Å². The summed E-state index contributed by atoms with van der Waals surface area (Å²) < 4.78 is 0. The number of allylic oxidation sites excluding steroid dienone is 2. The van der Waals surface area contributed by atoms with Gasteiger partial charge in [0.05, 0.1) is 8.80 Å². The van der Waals surface area contributed by atoms with Crippen LogP contribution in [-0.2, 0) is 0 Å². The third-order valence-electron chi connectivity index (χ3n) is 1.60. The van der Waals surface area contributed by atoms with Crippen LogP contribution in [0.1, 0.15) is 13.8 Å². The first-order valence-corrected chi connectivity index (χ1v) is 5.43. The Labute approximate surface area is 46.8 Å². The molecule has 1 atom stereocenters. The molecule has 0 aromatic rings. The van der Waals surface area contributed by atoms with Gasteiger partial charge >= 0.3 is 0 Å². The molecule has 1 heterocycles. The Morgan fingerprint density at radius 3 is 2.00 bits per heavy atom. The monoisotopic (exact) mass is 112 g/mol. The van der Waals surface area contributed by atoms with Crippen molar-refractivity contribution in [2.45, 2.75) is 26.4 Å². The lowest BCUT2D eigenvalue weighted by atomic mass is 10.3. The molecule has 0 bridgehead atoms. The summed E-state index contributed by atoms with van der Waals surface area (Å²) in [5, 5.41) is 1.82. The quantitative estimate of drug-likeness (QED) is 0.419. The van der Waals surface area contributed by atoms with Gasteiger partial charge in [-0.05, 0) is 19.9 Å². The molecule has 1 aliphatic rings. The van der Waals surface area contributed by atoms with Crippen LogP contribution in [0.5, 0.6) is 0 Å². The minimum Gasteiger partial charge on any atom is -0.0879 e. The van der Waals surface area contributed by atoms with E-state index in [1.165, 1.54) is 6.04 Å². The van der Waals surface area contributed by atoms with E-state index in [9.17, 15) is 0 Å². The van der Waals surface area contributed by atoms with Gasteiger partial charge in [-0.15, -0.1) is 0 Å². The summed E-state index contributed by atoms with van der Waals surface area (Å²) in [5.74, 6) is 0. The molecule has 40 valence electrons. The molecule has 1 aliphatic heterocycles. The molecule has 0 aromatic heterocycles.